The van der Waals surface area contributed by atoms with Gasteiger partial charge in [0.15, 0.2) is 9.84 Å². The summed E-state index contributed by atoms with van der Waals surface area (Å²) in [6.45, 7) is 6.54. The Morgan fingerprint density at radius 3 is 2.43 bits per heavy atom. The first kappa shape index (κ1) is 21.7. The lowest BCUT2D eigenvalue weighted by Gasteiger charge is -2.24. The number of nitrogens with one attached hydrogen (secondary N) is 1. The van der Waals surface area contributed by atoms with Gasteiger partial charge in [-0.05, 0) is 37.5 Å². The van der Waals surface area contributed by atoms with Crippen molar-refractivity contribution in [3.63, 3.8) is 0 Å². The minimum atomic E-state index is -3.54. The van der Waals surface area contributed by atoms with Crippen molar-refractivity contribution in [2.45, 2.75) is 38.1 Å². The third kappa shape index (κ3) is 5.45. The summed E-state index contributed by atoms with van der Waals surface area (Å²) in [6, 6.07) is 11.3. The molecule has 0 unspecified atom stereocenters. The van der Waals surface area contributed by atoms with E-state index in [0.29, 0.717) is 12.5 Å². The topological polar surface area (TPSA) is 98.5 Å². The van der Waals surface area contributed by atoms with Gasteiger partial charge >= 0.3 is 0 Å². The number of hydrogen-bond acceptors (Lipinski definition) is 6. The Balaban J connectivity index is 2.50. The summed E-state index contributed by atoms with van der Waals surface area (Å²) in [6.07, 6.45) is 1.74. The van der Waals surface area contributed by atoms with Gasteiger partial charge in [-0.3, -0.25) is 10.1 Å². The third-order valence-electron chi connectivity index (χ3n) is 4.23. The number of hydrogen-bond donors (Lipinski definition) is 1. The summed E-state index contributed by atoms with van der Waals surface area (Å²) in [5.74, 6) is 1.04. The maximum Gasteiger partial charge on any atom is 0.293 e. The number of benzene rings is 2. The van der Waals surface area contributed by atoms with E-state index < -0.39 is 14.8 Å². The van der Waals surface area contributed by atoms with Gasteiger partial charge in [0.1, 0.15) is 11.4 Å². The highest BCUT2D eigenvalue weighted by molar-refractivity contribution is 7.90. The Morgan fingerprint density at radius 2 is 1.86 bits per heavy atom. The normalized spacial score (nSPS) is 12.6. The standard InChI is InChI=1S/C20H26N2O5S/c1-5-27-20-9-7-6-8-16(20)18(12-14(2)3)21-17-11-10-15(28(4,25)26)13-19(17)22(23)24/h6-11,13-14,18,21H,5,12H2,1-4H3/t18-/m0/s1. The summed E-state index contributed by atoms with van der Waals surface area (Å²) < 4.78 is 29.3. The maximum atomic E-state index is 11.8. The number of nitrogens with zero attached hydrogens (tertiary/aromatic N) is 1. The van der Waals surface area contributed by atoms with E-state index in [0.717, 1.165) is 30.1 Å². The molecule has 2 rings (SSSR count). The second-order valence-corrected chi connectivity index (χ2v) is 9.02. The molecule has 152 valence electrons. The summed E-state index contributed by atoms with van der Waals surface area (Å²) in [4.78, 5) is 10.9. The SMILES string of the molecule is CCOc1ccccc1[C@H](CC(C)C)Nc1ccc(S(C)(=O)=O)cc1[N+](=O)[O-]. The third-order valence-corrected chi connectivity index (χ3v) is 5.34. The molecule has 28 heavy (non-hydrogen) atoms. The van der Waals surface area contributed by atoms with Crippen LogP contribution >= 0.6 is 0 Å². The van der Waals surface area contributed by atoms with E-state index in [2.05, 4.69) is 19.2 Å². The van der Waals surface area contributed by atoms with Gasteiger partial charge in [-0.2, -0.15) is 0 Å². The molecule has 0 bridgehead atoms. The number of ether oxygens (including phenoxy) is 1. The Kier molecular flexibility index (Phi) is 7.01. The highest BCUT2D eigenvalue weighted by atomic mass is 32.2. The highest BCUT2D eigenvalue weighted by Crippen LogP contribution is 2.36. The first-order valence-corrected chi connectivity index (χ1v) is 11.0. The molecule has 1 atom stereocenters. The van der Waals surface area contributed by atoms with Crippen LogP contribution in [0.3, 0.4) is 0 Å². The van der Waals surface area contributed by atoms with Crippen molar-refractivity contribution in [3.8, 4) is 5.75 Å². The molecule has 0 heterocycles. The molecule has 8 heteroatoms. The van der Waals surface area contributed by atoms with Gasteiger partial charge in [-0.25, -0.2) is 8.42 Å². The molecule has 0 aliphatic rings. The Hall–Kier alpha value is -2.61. The van der Waals surface area contributed by atoms with Crippen molar-refractivity contribution in [2.24, 2.45) is 5.92 Å². The van der Waals surface area contributed by atoms with Gasteiger partial charge < -0.3 is 10.1 Å². The van der Waals surface area contributed by atoms with E-state index in [1.807, 2.05) is 31.2 Å². The largest absolute Gasteiger partial charge is 0.494 e. The van der Waals surface area contributed by atoms with Gasteiger partial charge in [-0.15, -0.1) is 0 Å². The zero-order chi connectivity index (χ0) is 20.9. The van der Waals surface area contributed by atoms with Crippen LogP contribution in [0.25, 0.3) is 0 Å². The molecule has 0 aliphatic heterocycles. The van der Waals surface area contributed by atoms with E-state index >= 15 is 0 Å². The molecule has 0 fully saturated rings. The summed E-state index contributed by atoms with van der Waals surface area (Å²) in [5, 5.41) is 14.8. The van der Waals surface area contributed by atoms with Gasteiger partial charge in [0.2, 0.25) is 0 Å². The van der Waals surface area contributed by atoms with E-state index in [1.54, 1.807) is 0 Å². The number of rotatable bonds is 9. The quantitative estimate of drug-likeness (QED) is 0.483. The number of nitro benzene ring substituents is 1. The van der Waals surface area contributed by atoms with Crippen LogP contribution in [0, 0.1) is 16.0 Å². The first-order valence-electron chi connectivity index (χ1n) is 9.10. The lowest BCUT2D eigenvalue weighted by atomic mass is 9.95. The summed E-state index contributed by atoms with van der Waals surface area (Å²) in [5.41, 5.74) is 0.902. The monoisotopic (exact) mass is 406 g/mol. The van der Waals surface area contributed by atoms with E-state index in [-0.39, 0.29) is 22.3 Å². The molecule has 1 N–H and O–H groups in total. The molecule has 0 aromatic heterocycles. The second kappa shape index (κ2) is 9.05. The molecule has 7 nitrogen and oxygen atoms in total. The molecule has 0 radical (unpaired) electrons. The zero-order valence-corrected chi connectivity index (χ0v) is 17.3. The van der Waals surface area contributed by atoms with Crippen LogP contribution in [0.4, 0.5) is 11.4 Å². The van der Waals surface area contributed by atoms with Gasteiger partial charge in [-0.1, -0.05) is 32.0 Å². The van der Waals surface area contributed by atoms with Crippen molar-refractivity contribution in [2.75, 3.05) is 18.2 Å². The van der Waals surface area contributed by atoms with E-state index in [9.17, 15) is 18.5 Å². The van der Waals surface area contributed by atoms with Crippen LogP contribution in [-0.4, -0.2) is 26.2 Å². The first-order chi connectivity index (χ1) is 13.1. The van der Waals surface area contributed by atoms with Crippen molar-refractivity contribution in [1.29, 1.82) is 0 Å². The minimum Gasteiger partial charge on any atom is -0.494 e. The Bertz CT molecular complexity index is 941. The lowest BCUT2D eigenvalue weighted by molar-refractivity contribution is -0.384. The zero-order valence-electron chi connectivity index (χ0n) is 16.5. The summed E-state index contributed by atoms with van der Waals surface area (Å²) in [7, 11) is -3.54. The molecule has 0 saturated carbocycles. The number of anilines is 1. The van der Waals surface area contributed by atoms with Crippen LogP contribution in [0.15, 0.2) is 47.4 Å². The minimum absolute atomic E-state index is 0.0834. The van der Waals surface area contributed by atoms with Crippen molar-refractivity contribution in [1.82, 2.24) is 0 Å². The van der Waals surface area contributed by atoms with Crippen LogP contribution in [0.5, 0.6) is 5.75 Å². The highest BCUT2D eigenvalue weighted by Gasteiger charge is 2.23. The molecule has 0 aliphatic carbocycles. The van der Waals surface area contributed by atoms with E-state index in [4.69, 9.17) is 4.74 Å². The fourth-order valence-electron chi connectivity index (χ4n) is 2.99. The molecule has 2 aromatic carbocycles. The van der Waals surface area contributed by atoms with Gasteiger partial charge in [0, 0.05) is 17.9 Å². The Labute approximate surface area is 165 Å². The van der Waals surface area contributed by atoms with Crippen molar-refractivity contribution in [3.05, 3.63) is 58.1 Å². The smallest absolute Gasteiger partial charge is 0.293 e. The lowest BCUT2D eigenvalue weighted by Crippen LogP contribution is -2.16. The van der Waals surface area contributed by atoms with Crippen molar-refractivity contribution < 1.29 is 18.1 Å². The van der Waals surface area contributed by atoms with Crippen LogP contribution in [0.1, 0.15) is 38.8 Å². The number of para-hydroxylation sites is 1. The van der Waals surface area contributed by atoms with Gasteiger partial charge in [0.25, 0.3) is 5.69 Å². The molecular formula is C20H26N2O5S. The maximum absolute atomic E-state index is 11.8. The average molecular weight is 407 g/mol. The fraction of sp³-hybridized carbons (Fsp3) is 0.400. The van der Waals surface area contributed by atoms with Crippen molar-refractivity contribution >= 4 is 21.2 Å². The average Bonchev–Trinajstić information content (AvgIpc) is 2.60. The number of sulfone groups is 1. The van der Waals surface area contributed by atoms with Gasteiger partial charge in [0.05, 0.1) is 22.5 Å². The molecule has 0 amide bonds. The molecule has 0 saturated heterocycles. The predicted octanol–water partition coefficient (Wildman–Crippen LogP) is 4.60. The van der Waals surface area contributed by atoms with Crippen LogP contribution in [-0.2, 0) is 9.84 Å². The molecule has 2 aromatic rings. The second-order valence-electron chi connectivity index (χ2n) is 7.01. The predicted molar refractivity (Wildman–Crippen MR) is 110 cm³/mol. The summed E-state index contributed by atoms with van der Waals surface area (Å²) >= 11 is 0. The fourth-order valence-corrected chi connectivity index (χ4v) is 3.63. The number of nitro groups is 1. The van der Waals surface area contributed by atoms with E-state index in [1.165, 1.54) is 12.1 Å². The van der Waals surface area contributed by atoms with Crippen LogP contribution < -0.4 is 10.1 Å². The molecule has 0 spiro atoms. The Morgan fingerprint density at radius 1 is 1.18 bits per heavy atom. The molecular weight excluding hydrogens is 380 g/mol. The van der Waals surface area contributed by atoms with Crippen LogP contribution in [0.2, 0.25) is 0 Å².